The molecule has 196 valence electrons. The monoisotopic (exact) mass is 506 g/mol. The van der Waals surface area contributed by atoms with E-state index in [9.17, 15) is 9.59 Å². The minimum atomic E-state index is -0.787. The quantitative estimate of drug-likeness (QED) is 0.227. The molecule has 0 unspecified atom stereocenters. The minimum Gasteiger partial charge on any atom is -0.467 e. The van der Waals surface area contributed by atoms with Gasteiger partial charge in [-0.25, -0.2) is 4.79 Å². The van der Waals surface area contributed by atoms with Crippen LogP contribution in [0, 0.1) is 0 Å². The Bertz CT molecular complexity index is 1000. The molecule has 0 bridgehead atoms. The van der Waals surface area contributed by atoms with Gasteiger partial charge in [-0.05, 0) is 24.6 Å². The second kappa shape index (κ2) is 13.8. The Balaban J connectivity index is 2.22. The molecule has 0 spiro atoms. The number of hydrogen-bond acceptors (Lipinski definition) is 11. The van der Waals surface area contributed by atoms with E-state index in [2.05, 4.69) is 0 Å². The fraction of sp³-hybridized carbons (Fsp3) is 0.440. The van der Waals surface area contributed by atoms with Gasteiger partial charge in [0.1, 0.15) is 22.8 Å². The second-order valence-electron chi connectivity index (χ2n) is 7.47. The van der Waals surface area contributed by atoms with Crippen molar-refractivity contribution >= 4 is 11.8 Å². The number of carbonyl (C=O) groups excluding carboxylic acids is 2. The van der Waals surface area contributed by atoms with E-state index in [4.69, 9.17) is 42.6 Å². The highest BCUT2D eigenvalue weighted by Crippen LogP contribution is 2.39. The zero-order valence-electron chi connectivity index (χ0n) is 20.7. The number of esters is 1. The Morgan fingerprint density at radius 3 is 1.89 bits per heavy atom. The number of ether oxygens (including phenoxy) is 9. The van der Waals surface area contributed by atoms with Crippen LogP contribution in [0.3, 0.4) is 0 Å². The lowest BCUT2D eigenvalue weighted by atomic mass is 9.94. The molecule has 0 amide bonds. The van der Waals surface area contributed by atoms with Crippen molar-refractivity contribution < 1.29 is 52.2 Å². The molecule has 11 heteroatoms. The third kappa shape index (κ3) is 6.50. The lowest BCUT2D eigenvalue weighted by Crippen LogP contribution is -2.22. The SMILES string of the molecule is COCOc1cc(C(=O)OC)cc(OCOC)c1C(=O)c1c(OCOC)cccc1C1OCCCO1. The number of methoxy groups -OCH3 is 4. The van der Waals surface area contributed by atoms with E-state index in [-0.39, 0.29) is 54.3 Å². The van der Waals surface area contributed by atoms with E-state index in [0.29, 0.717) is 18.8 Å². The lowest BCUT2D eigenvalue weighted by molar-refractivity contribution is -0.183. The van der Waals surface area contributed by atoms with E-state index >= 15 is 0 Å². The van der Waals surface area contributed by atoms with Crippen molar-refractivity contribution in [2.75, 3.05) is 62.0 Å². The summed E-state index contributed by atoms with van der Waals surface area (Å²) in [5.74, 6) is -0.859. The van der Waals surface area contributed by atoms with Gasteiger partial charge >= 0.3 is 5.97 Å². The molecule has 2 aromatic carbocycles. The van der Waals surface area contributed by atoms with E-state index < -0.39 is 18.0 Å². The molecular formula is C25H30O11. The van der Waals surface area contributed by atoms with E-state index in [1.54, 1.807) is 18.2 Å². The molecule has 2 aromatic rings. The molecule has 1 aliphatic heterocycles. The fourth-order valence-corrected chi connectivity index (χ4v) is 3.54. The van der Waals surface area contributed by atoms with E-state index in [1.165, 1.54) is 40.6 Å². The third-order valence-corrected chi connectivity index (χ3v) is 5.08. The van der Waals surface area contributed by atoms with Crippen LogP contribution in [0.1, 0.15) is 44.6 Å². The van der Waals surface area contributed by atoms with Crippen molar-refractivity contribution in [3.8, 4) is 17.2 Å². The van der Waals surface area contributed by atoms with Crippen LogP contribution in [0.4, 0.5) is 0 Å². The van der Waals surface area contributed by atoms with Gasteiger partial charge in [0.05, 0.1) is 31.5 Å². The Kier molecular flexibility index (Phi) is 10.5. The fourth-order valence-electron chi connectivity index (χ4n) is 3.54. The van der Waals surface area contributed by atoms with Gasteiger partial charge in [-0.3, -0.25) is 4.79 Å². The first-order chi connectivity index (χ1) is 17.5. The van der Waals surface area contributed by atoms with Crippen LogP contribution in [0.15, 0.2) is 30.3 Å². The topological polar surface area (TPSA) is 117 Å². The average Bonchev–Trinajstić information content (AvgIpc) is 2.92. The first kappa shape index (κ1) is 27.4. The highest BCUT2D eigenvalue weighted by Gasteiger charge is 2.31. The summed E-state index contributed by atoms with van der Waals surface area (Å²) in [6, 6.07) is 7.83. The van der Waals surface area contributed by atoms with Crippen LogP contribution in [0.2, 0.25) is 0 Å². The maximum Gasteiger partial charge on any atom is 0.338 e. The number of rotatable bonds is 13. The maximum absolute atomic E-state index is 14.2. The summed E-state index contributed by atoms with van der Waals surface area (Å²) >= 11 is 0. The summed E-state index contributed by atoms with van der Waals surface area (Å²) in [4.78, 5) is 26.5. The largest absolute Gasteiger partial charge is 0.467 e. The first-order valence-electron chi connectivity index (χ1n) is 11.1. The van der Waals surface area contributed by atoms with Crippen LogP contribution >= 0.6 is 0 Å². The highest BCUT2D eigenvalue weighted by molar-refractivity contribution is 6.15. The average molecular weight is 507 g/mol. The van der Waals surface area contributed by atoms with Crippen molar-refractivity contribution in [1.82, 2.24) is 0 Å². The van der Waals surface area contributed by atoms with Crippen molar-refractivity contribution in [3.05, 3.63) is 52.6 Å². The molecule has 0 aliphatic carbocycles. The molecule has 11 nitrogen and oxygen atoms in total. The normalized spacial score (nSPS) is 13.8. The molecule has 0 saturated carbocycles. The smallest absolute Gasteiger partial charge is 0.338 e. The van der Waals surface area contributed by atoms with Crippen molar-refractivity contribution in [3.63, 3.8) is 0 Å². The second-order valence-corrected chi connectivity index (χ2v) is 7.47. The van der Waals surface area contributed by atoms with Gasteiger partial charge in [0.15, 0.2) is 26.7 Å². The Labute approximate surface area is 209 Å². The Morgan fingerprint density at radius 1 is 0.806 bits per heavy atom. The summed E-state index contributed by atoms with van der Waals surface area (Å²) in [5.41, 5.74) is 0.745. The third-order valence-electron chi connectivity index (χ3n) is 5.08. The predicted molar refractivity (Wildman–Crippen MR) is 124 cm³/mol. The van der Waals surface area contributed by atoms with E-state index in [1.807, 2.05) is 0 Å². The molecule has 1 saturated heterocycles. The molecular weight excluding hydrogens is 476 g/mol. The summed E-state index contributed by atoms with van der Waals surface area (Å²) < 4.78 is 48.6. The molecule has 3 rings (SSSR count). The molecule has 1 fully saturated rings. The van der Waals surface area contributed by atoms with Crippen molar-refractivity contribution in [2.45, 2.75) is 12.7 Å². The predicted octanol–water partition coefficient (Wildman–Crippen LogP) is 3.09. The number of hydrogen-bond donors (Lipinski definition) is 0. The number of ketones is 1. The first-order valence-corrected chi connectivity index (χ1v) is 11.1. The summed E-state index contributed by atoms with van der Waals surface area (Å²) in [7, 11) is 5.57. The maximum atomic E-state index is 14.2. The minimum absolute atomic E-state index is 0.0160. The summed E-state index contributed by atoms with van der Waals surface area (Å²) in [6.07, 6.45) is -0.0524. The highest BCUT2D eigenvalue weighted by atomic mass is 16.7. The van der Waals surface area contributed by atoms with Gasteiger partial charge in [0, 0.05) is 26.9 Å². The van der Waals surface area contributed by atoms with Gasteiger partial charge in [-0.1, -0.05) is 12.1 Å². The van der Waals surface area contributed by atoms with Crippen molar-refractivity contribution in [1.29, 1.82) is 0 Å². The van der Waals surface area contributed by atoms with Gasteiger partial charge in [0.2, 0.25) is 5.78 Å². The van der Waals surface area contributed by atoms with Crippen LogP contribution in [-0.2, 0) is 28.4 Å². The molecule has 36 heavy (non-hydrogen) atoms. The van der Waals surface area contributed by atoms with Gasteiger partial charge in [-0.2, -0.15) is 0 Å². The van der Waals surface area contributed by atoms with Crippen LogP contribution in [0.25, 0.3) is 0 Å². The van der Waals surface area contributed by atoms with Gasteiger partial charge < -0.3 is 42.6 Å². The lowest BCUT2D eigenvalue weighted by Gasteiger charge is -2.26. The molecule has 0 atom stereocenters. The number of benzene rings is 2. The number of carbonyl (C=O) groups is 2. The molecule has 0 radical (unpaired) electrons. The molecule has 0 aromatic heterocycles. The van der Waals surface area contributed by atoms with Gasteiger partial charge in [0.25, 0.3) is 0 Å². The standard InChI is InChI=1S/C25H30O11/c1-28-13-34-18-8-5-7-17(25-32-9-6-10-33-25)21(18)23(26)22-19(35-14-29-2)11-16(24(27)31-4)12-20(22)36-15-30-3/h5,7-8,11-12,25H,6,9-10,13-15H2,1-4H3. The zero-order valence-corrected chi connectivity index (χ0v) is 20.7. The van der Waals surface area contributed by atoms with Crippen molar-refractivity contribution in [2.24, 2.45) is 0 Å². The molecule has 1 heterocycles. The van der Waals surface area contributed by atoms with Crippen LogP contribution < -0.4 is 14.2 Å². The summed E-state index contributed by atoms with van der Waals surface area (Å²) in [5, 5.41) is 0. The summed E-state index contributed by atoms with van der Waals surface area (Å²) in [6.45, 7) is 0.452. The molecule has 0 N–H and O–H groups in total. The van der Waals surface area contributed by atoms with Crippen LogP contribution in [-0.4, -0.2) is 73.8 Å². The Morgan fingerprint density at radius 2 is 1.36 bits per heavy atom. The van der Waals surface area contributed by atoms with Gasteiger partial charge in [-0.15, -0.1) is 0 Å². The van der Waals surface area contributed by atoms with E-state index in [0.717, 1.165) is 6.42 Å². The van der Waals surface area contributed by atoms with Crippen LogP contribution in [0.5, 0.6) is 17.2 Å². The molecule has 1 aliphatic rings. The Hall–Kier alpha value is -3.22. The zero-order chi connectivity index (χ0) is 25.9.